The second kappa shape index (κ2) is 9.18. The van der Waals surface area contributed by atoms with Crippen LogP contribution < -0.4 is 20.6 Å². The summed E-state index contributed by atoms with van der Waals surface area (Å²) >= 11 is 0. The second-order valence-corrected chi connectivity index (χ2v) is 5.51. The lowest BCUT2D eigenvalue weighted by Gasteiger charge is -2.16. The number of aryl methyl sites for hydroxylation is 1. The van der Waals surface area contributed by atoms with E-state index < -0.39 is 16.6 Å². The Morgan fingerprint density at radius 3 is 2.74 bits per heavy atom. The SMILES string of the molecule is CCOc1cc([N+](=O)[O-])cc(C=NNC(=O)CNc2ccccc2C)c1[O-]. The molecule has 2 aromatic rings. The van der Waals surface area contributed by atoms with E-state index in [1.54, 1.807) is 6.92 Å². The number of nitrogens with zero attached hydrogens (tertiary/aromatic N) is 2. The van der Waals surface area contributed by atoms with Gasteiger partial charge in [0.05, 0.1) is 30.4 Å². The largest absolute Gasteiger partial charge is 0.870 e. The molecule has 2 aromatic carbocycles. The van der Waals surface area contributed by atoms with E-state index in [9.17, 15) is 20.0 Å². The lowest BCUT2D eigenvalue weighted by Crippen LogP contribution is -2.26. The zero-order chi connectivity index (χ0) is 19.8. The molecule has 0 heterocycles. The van der Waals surface area contributed by atoms with Crippen molar-refractivity contribution < 1.29 is 19.6 Å². The first-order valence-corrected chi connectivity index (χ1v) is 8.16. The molecule has 0 fully saturated rings. The van der Waals surface area contributed by atoms with Crippen LogP contribution in [0, 0.1) is 17.0 Å². The van der Waals surface area contributed by atoms with Gasteiger partial charge in [-0.05, 0) is 31.0 Å². The molecule has 0 aliphatic rings. The van der Waals surface area contributed by atoms with Gasteiger partial charge in [-0.25, -0.2) is 5.43 Å². The average Bonchev–Trinajstić information content (AvgIpc) is 2.64. The Bertz CT molecular complexity index is 867. The smallest absolute Gasteiger partial charge is 0.273 e. The molecule has 0 aliphatic heterocycles. The summed E-state index contributed by atoms with van der Waals surface area (Å²) < 4.78 is 5.12. The molecule has 0 saturated heterocycles. The molecule has 0 unspecified atom stereocenters. The highest BCUT2D eigenvalue weighted by Crippen LogP contribution is 2.31. The summed E-state index contributed by atoms with van der Waals surface area (Å²) in [5, 5.41) is 29.8. The van der Waals surface area contributed by atoms with E-state index in [1.165, 1.54) is 0 Å². The summed E-state index contributed by atoms with van der Waals surface area (Å²) in [6.45, 7) is 3.74. The van der Waals surface area contributed by atoms with Crippen LogP contribution in [0.2, 0.25) is 0 Å². The molecule has 2 N–H and O–H groups in total. The predicted molar refractivity (Wildman–Crippen MR) is 99.1 cm³/mol. The molecule has 0 atom stereocenters. The van der Waals surface area contributed by atoms with Gasteiger partial charge in [0, 0.05) is 11.8 Å². The van der Waals surface area contributed by atoms with E-state index in [4.69, 9.17) is 4.74 Å². The standard InChI is InChI=1S/C18H20N4O5/c1-3-27-16-9-14(22(25)26)8-13(18(16)24)10-20-21-17(23)11-19-15-7-5-4-6-12(15)2/h4-10,19,24H,3,11H2,1-2H3,(H,21,23)/p-1. The third-order valence-electron chi connectivity index (χ3n) is 3.56. The van der Waals surface area contributed by atoms with Crippen molar-refractivity contribution in [1.29, 1.82) is 0 Å². The van der Waals surface area contributed by atoms with Crippen LogP contribution in [-0.4, -0.2) is 30.2 Å². The second-order valence-electron chi connectivity index (χ2n) is 5.51. The highest BCUT2D eigenvalue weighted by atomic mass is 16.6. The molecule has 0 bridgehead atoms. The first-order valence-electron chi connectivity index (χ1n) is 8.16. The number of nitro benzene ring substituents is 1. The summed E-state index contributed by atoms with van der Waals surface area (Å²) in [7, 11) is 0. The number of hydrogen-bond donors (Lipinski definition) is 2. The third-order valence-corrected chi connectivity index (χ3v) is 3.56. The molecule has 2 rings (SSSR count). The van der Waals surface area contributed by atoms with Crippen LogP contribution in [0.1, 0.15) is 18.1 Å². The number of para-hydroxylation sites is 1. The first-order chi connectivity index (χ1) is 12.9. The van der Waals surface area contributed by atoms with Gasteiger partial charge in [0.25, 0.3) is 11.6 Å². The molecular formula is C18H19N4O5-. The Kier molecular flexibility index (Phi) is 6.70. The van der Waals surface area contributed by atoms with Crippen LogP contribution in [0.15, 0.2) is 41.5 Å². The highest BCUT2D eigenvalue weighted by Gasteiger charge is 2.12. The maximum absolute atomic E-state index is 12.2. The number of hydrazone groups is 1. The molecule has 142 valence electrons. The average molecular weight is 371 g/mol. The van der Waals surface area contributed by atoms with Crippen molar-refractivity contribution in [3.05, 3.63) is 57.6 Å². The number of ether oxygens (including phenoxy) is 1. The Hall–Kier alpha value is -3.62. The fourth-order valence-electron chi connectivity index (χ4n) is 2.23. The third kappa shape index (κ3) is 5.43. The van der Waals surface area contributed by atoms with Gasteiger partial charge in [0.15, 0.2) is 0 Å². The Morgan fingerprint density at radius 2 is 2.07 bits per heavy atom. The molecule has 0 aliphatic carbocycles. The van der Waals surface area contributed by atoms with E-state index in [2.05, 4.69) is 15.8 Å². The van der Waals surface area contributed by atoms with E-state index in [1.807, 2.05) is 31.2 Å². The summed E-state index contributed by atoms with van der Waals surface area (Å²) in [4.78, 5) is 22.2. The van der Waals surface area contributed by atoms with E-state index in [-0.39, 0.29) is 30.2 Å². The predicted octanol–water partition coefficient (Wildman–Crippen LogP) is 1.94. The lowest BCUT2D eigenvalue weighted by atomic mass is 10.1. The van der Waals surface area contributed by atoms with Gasteiger partial charge in [-0.2, -0.15) is 5.10 Å². The fourth-order valence-corrected chi connectivity index (χ4v) is 2.23. The van der Waals surface area contributed by atoms with Gasteiger partial charge in [-0.3, -0.25) is 14.9 Å². The van der Waals surface area contributed by atoms with E-state index >= 15 is 0 Å². The molecule has 0 saturated carbocycles. The number of benzene rings is 2. The maximum atomic E-state index is 12.2. The minimum atomic E-state index is -0.635. The van der Waals surface area contributed by atoms with Crippen LogP contribution in [0.5, 0.6) is 11.5 Å². The summed E-state index contributed by atoms with van der Waals surface area (Å²) in [6, 6.07) is 9.63. The number of non-ortho nitro benzene ring substituents is 1. The number of carbonyl (C=O) groups is 1. The van der Waals surface area contributed by atoms with E-state index in [0.29, 0.717) is 0 Å². The van der Waals surface area contributed by atoms with Crippen molar-refractivity contribution in [1.82, 2.24) is 5.43 Å². The van der Waals surface area contributed by atoms with Crippen LogP contribution >= 0.6 is 0 Å². The zero-order valence-corrected chi connectivity index (χ0v) is 14.9. The van der Waals surface area contributed by atoms with Crippen molar-refractivity contribution in [2.75, 3.05) is 18.5 Å². The minimum Gasteiger partial charge on any atom is -0.870 e. The van der Waals surface area contributed by atoms with Crippen molar-refractivity contribution in [3.8, 4) is 11.5 Å². The molecule has 0 spiro atoms. The Morgan fingerprint density at radius 1 is 1.33 bits per heavy atom. The van der Waals surface area contributed by atoms with Gasteiger partial charge in [-0.1, -0.05) is 23.9 Å². The molecule has 0 radical (unpaired) electrons. The minimum absolute atomic E-state index is 0.0223. The summed E-state index contributed by atoms with van der Waals surface area (Å²) in [6.07, 6.45) is 1.06. The molecule has 1 amide bonds. The van der Waals surface area contributed by atoms with Gasteiger partial charge in [0.2, 0.25) is 0 Å². The number of nitro groups is 1. The molecule has 27 heavy (non-hydrogen) atoms. The number of amides is 1. The summed E-state index contributed by atoms with van der Waals surface area (Å²) in [5.41, 5.74) is 3.72. The Labute approximate surface area is 155 Å². The maximum Gasteiger partial charge on any atom is 0.273 e. The zero-order valence-electron chi connectivity index (χ0n) is 14.9. The van der Waals surface area contributed by atoms with Gasteiger partial charge >= 0.3 is 0 Å². The topological polar surface area (TPSA) is 129 Å². The monoisotopic (exact) mass is 371 g/mol. The van der Waals surface area contributed by atoms with Gasteiger partial charge in [0.1, 0.15) is 5.75 Å². The quantitative estimate of drug-likeness (QED) is 0.414. The van der Waals surface area contributed by atoms with Crippen molar-refractivity contribution >= 4 is 23.5 Å². The fraction of sp³-hybridized carbons (Fsp3) is 0.222. The molecule has 9 heteroatoms. The summed E-state index contributed by atoms with van der Waals surface area (Å²) in [5.74, 6) is -1.11. The van der Waals surface area contributed by atoms with Crippen LogP contribution in [0.3, 0.4) is 0 Å². The number of anilines is 1. The highest BCUT2D eigenvalue weighted by molar-refractivity contribution is 5.88. The number of rotatable bonds is 8. The number of carbonyl (C=O) groups excluding carboxylic acids is 1. The number of nitrogens with one attached hydrogen (secondary N) is 2. The van der Waals surface area contributed by atoms with Crippen LogP contribution in [0.4, 0.5) is 11.4 Å². The number of hydrogen-bond acceptors (Lipinski definition) is 7. The van der Waals surface area contributed by atoms with Crippen LogP contribution in [0.25, 0.3) is 0 Å². The van der Waals surface area contributed by atoms with Gasteiger partial charge < -0.3 is 15.2 Å². The van der Waals surface area contributed by atoms with Crippen molar-refractivity contribution in [2.24, 2.45) is 5.10 Å². The molecular weight excluding hydrogens is 352 g/mol. The Balaban J connectivity index is 2.03. The first kappa shape index (κ1) is 19.7. The normalized spacial score (nSPS) is 10.6. The van der Waals surface area contributed by atoms with Gasteiger partial charge in [-0.15, -0.1) is 0 Å². The lowest BCUT2D eigenvalue weighted by molar-refractivity contribution is -0.385. The van der Waals surface area contributed by atoms with E-state index in [0.717, 1.165) is 29.6 Å². The van der Waals surface area contributed by atoms with Crippen LogP contribution in [-0.2, 0) is 4.79 Å². The molecule has 9 nitrogen and oxygen atoms in total. The van der Waals surface area contributed by atoms with Crippen molar-refractivity contribution in [3.63, 3.8) is 0 Å². The van der Waals surface area contributed by atoms with Crippen molar-refractivity contribution in [2.45, 2.75) is 13.8 Å². The molecule has 0 aromatic heterocycles.